The van der Waals surface area contributed by atoms with Crippen molar-refractivity contribution in [2.45, 2.75) is 39.7 Å². The fourth-order valence-corrected chi connectivity index (χ4v) is 2.65. The Labute approximate surface area is 154 Å². The van der Waals surface area contributed by atoms with Crippen molar-refractivity contribution in [2.75, 3.05) is 6.61 Å². The highest BCUT2D eigenvalue weighted by Gasteiger charge is 2.11. The number of hydrogen-bond donors (Lipinski definition) is 2. The van der Waals surface area contributed by atoms with E-state index in [1.165, 1.54) is 0 Å². The van der Waals surface area contributed by atoms with Crippen LogP contribution in [0.5, 0.6) is 5.75 Å². The zero-order valence-electron chi connectivity index (χ0n) is 15.2. The third kappa shape index (κ3) is 5.62. The van der Waals surface area contributed by atoms with Gasteiger partial charge in [-0.2, -0.15) is 0 Å². The highest BCUT2D eigenvalue weighted by molar-refractivity contribution is 5.89. The van der Waals surface area contributed by atoms with Crippen LogP contribution in [0.1, 0.15) is 46.8 Å². The van der Waals surface area contributed by atoms with Gasteiger partial charge in [0.1, 0.15) is 5.75 Å². The molecular weight excluding hydrogens is 330 g/mol. The lowest BCUT2D eigenvalue weighted by atomic mass is 10.0. The molecule has 0 aliphatic rings. The van der Waals surface area contributed by atoms with Gasteiger partial charge < -0.3 is 15.2 Å². The van der Waals surface area contributed by atoms with Crippen LogP contribution in [0.3, 0.4) is 0 Å². The lowest BCUT2D eigenvalue weighted by Gasteiger charge is -2.11. The van der Waals surface area contributed by atoms with Gasteiger partial charge in [-0.05, 0) is 54.7 Å². The third-order valence-corrected chi connectivity index (χ3v) is 4.13. The van der Waals surface area contributed by atoms with Crippen LogP contribution in [0.25, 0.3) is 0 Å². The smallest absolute Gasteiger partial charge is 0.335 e. The Balaban J connectivity index is 1.86. The second kappa shape index (κ2) is 9.61. The van der Waals surface area contributed by atoms with Gasteiger partial charge in [-0.3, -0.25) is 4.79 Å². The van der Waals surface area contributed by atoms with Crippen LogP contribution >= 0.6 is 0 Å². The summed E-state index contributed by atoms with van der Waals surface area (Å²) in [6.07, 6.45) is 1.61. The van der Waals surface area contributed by atoms with Crippen molar-refractivity contribution in [3.8, 4) is 5.75 Å². The Morgan fingerprint density at radius 1 is 1.12 bits per heavy atom. The molecule has 1 amide bonds. The first-order valence-corrected chi connectivity index (χ1v) is 8.81. The van der Waals surface area contributed by atoms with Crippen molar-refractivity contribution in [3.05, 3.63) is 64.7 Å². The zero-order chi connectivity index (χ0) is 18.9. The van der Waals surface area contributed by atoms with E-state index in [9.17, 15) is 14.7 Å². The number of benzene rings is 2. The molecule has 0 aliphatic heterocycles. The maximum absolute atomic E-state index is 12.1. The minimum absolute atomic E-state index is 0.101. The van der Waals surface area contributed by atoms with Crippen molar-refractivity contribution < 1.29 is 19.4 Å². The molecule has 0 bridgehead atoms. The van der Waals surface area contributed by atoms with Crippen LogP contribution in [0, 0.1) is 6.92 Å². The van der Waals surface area contributed by atoms with Crippen molar-refractivity contribution in [1.82, 2.24) is 5.32 Å². The van der Waals surface area contributed by atoms with E-state index < -0.39 is 5.97 Å². The van der Waals surface area contributed by atoms with Gasteiger partial charge in [-0.15, -0.1) is 0 Å². The molecule has 5 nitrogen and oxygen atoms in total. The number of carbonyl (C=O) groups excluding carboxylic acids is 1. The Morgan fingerprint density at radius 2 is 1.88 bits per heavy atom. The lowest BCUT2D eigenvalue weighted by molar-refractivity contribution is -0.121. The zero-order valence-corrected chi connectivity index (χ0v) is 15.2. The first-order valence-electron chi connectivity index (χ1n) is 8.81. The van der Waals surface area contributed by atoms with E-state index in [2.05, 4.69) is 12.2 Å². The minimum Gasteiger partial charge on any atom is -0.494 e. The molecule has 0 aromatic heterocycles. The molecule has 0 heterocycles. The predicted molar refractivity (Wildman–Crippen MR) is 101 cm³/mol. The van der Waals surface area contributed by atoms with Gasteiger partial charge in [0.2, 0.25) is 5.91 Å². The summed E-state index contributed by atoms with van der Waals surface area (Å²) < 4.78 is 5.60. The molecule has 0 saturated carbocycles. The van der Waals surface area contributed by atoms with Gasteiger partial charge in [0, 0.05) is 13.0 Å². The van der Waals surface area contributed by atoms with Crippen molar-refractivity contribution >= 4 is 11.9 Å². The molecule has 2 N–H and O–H groups in total. The normalized spacial score (nSPS) is 10.4. The monoisotopic (exact) mass is 355 g/mol. The number of carboxylic acid groups (broad SMARTS) is 1. The molecule has 26 heavy (non-hydrogen) atoms. The Bertz CT molecular complexity index is 770. The summed E-state index contributed by atoms with van der Waals surface area (Å²) in [5.74, 6) is -0.234. The van der Waals surface area contributed by atoms with E-state index in [1.807, 2.05) is 25.1 Å². The molecule has 0 saturated heterocycles. The standard InChI is InChI=1S/C21H25NO4/c1-3-12-26-18-10-8-17(15(2)13-18)14-22-20(23)11-9-16-6-4-5-7-19(16)21(24)25/h4-8,10,13H,3,9,11-12,14H2,1-2H3,(H,22,23)(H,24,25). The second-order valence-corrected chi connectivity index (χ2v) is 6.18. The van der Waals surface area contributed by atoms with Gasteiger partial charge in [0.05, 0.1) is 12.2 Å². The summed E-state index contributed by atoms with van der Waals surface area (Å²) in [7, 11) is 0. The maximum Gasteiger partial charge on any atom is 0.335 e. The van der Waals surface area contributed by atoms with Gasteiger partial charge in [0.25, 0.3) is 0 Å². The third-order valence-electron chi connectivity index (χ3n) is 4.13. The Hall–Kier alpha value is -2.82. The summed E-state index contributed by atoms with van der Waals surface area (Å²) in [6.45, 7) is 5.18. The van der Waals surface area contributed by atoms with Crippen molar-refractivity contribution in [3.63, 3.8) is 0 Å². The molecule has 0 unspecified atom stereocenters. The first kappa shape index (κ1) is 19.5. The van der Waals surface area contributed by atoms with E-state index in [4.69, 9.17) is 4.74 Å². The molecule has 5 heteroatoms. The molecular formula is C21H25NO4. The topological polar surface area (TPSA) is 75.6 Å². The van der Waals surface area contributed by atoms with Crippen LogP contribution < -0.4 is 10.1 Å². The summed E-state index contributed by atoms with van der Waals surface area (Å²) in [6, 6.07) is 12.6. The van der Waals surface area contributed by atoms with E-state index in [1.54, 1.807) is 24.3 Å². The Morgan fingerprint density at radius 3 is 2.58 bits per heavy atom. The van der Waals surface area contributed by atoms with Crippen molar-refractivity contribution in [2.24, 2.45) is 0 Å². The van der Waals surface area contributed by atoms with E-state index in [0.717, 1.165) is 23.3 Å². The average molecular weight is 355 g/mol. The fourth-order valence-electron chi connectivity index (χ4n) is 2.65. The number of rotatable bonds is 9. The predicted octanol–water partition coefficient (Wildman–Crippen LogP) is 3.73. The summed E-state index contributed by atoms with van der Waals surface area (Å²) in [4.78, 5) is 23.3. The molecule has 138 valence electrons. The fraction of sp³-hybridized carbons (Fsp3) is 0.333. The SMILES string of the molecule is CCCOc1ccc(CNC(=O)CCc2ccccc2C(=O)O)c(C)c1. The number of aryl methyl sites for hydroxylation is 2. The summed E-state index contributed by atoms with van der Waals surface area (Å²) in [5.41, 5.74) is 3.02. The summed E-state index contributed by atoms with van der Waals surface area (Å²) in [5, 5.41) is 12.1. The van der Waals surface area contributed by atoms with Gasteiger partial charge in [-0.1, -0.05) is 31.2 Å². The molecule has 2 rings (SSSR count). The van der Waals surface area contributed by atoms with Gasteiger partial charge >= 0.3 is 5.97 Å². The number of hydrogen-bond acceptors (Lipinski definition) is 3. The van der Waals surface area contributed by atoms with Crippen LogP contribution in [0.2, 0.25) is 0 Å². The largest absolute Gasteiger partial charge is 0.494 e. The van der Waals surface area contributed by atoms with Gasteiger partial charge in [-0.25, -0.2) is 4.79 Å². The number of carbonyl (C=O) groups is 2. The number of amides is 1. The highest BCUT2D eigenvalue weighted by Crippen LogP contribution is 2.17. The highest BCUT2D eigenvalue weighted by atomic mass is 16.5. The molecule has 0 radical (unpaired) electrons. The molecule has 2 aromatic carbocycles. The lowest BCUT2D eigenvalue weighted by Crippen LogP contribution is -2.23. The van der Waals surface area contributed by atoms with E-state index >= 15 is 0 Å². The Kier molecular flexibility index (Phi) is 7.21. The van der Waals surface area contributed by atoms with Gasteiger partial charge in [0.15, 0.2) is 0 Å². The average Bonchev–Trinajstić information content (AvgIpc) is 2.64. The molecule has 0 fully saturated rings. The van der Waals surface area contributed by atoms with Crippen molar-refractivity contribution in [1.29, 1.82) is 0 Å². The van der Waals surface area contributed by atoms with Crippen LogP contribution in [-0.4, -0.2) is 23.6 Å². The molecule has 0 atom stereocenters. The van der Waals surface area contributed by atoms with Crippen LogP contribution in [0.15, 0.2) is 42.5 Å². The molecule has 2 aromatic rings. The first-order chi connectivity index (χ1) is 12.5. The molecule has 0 aliphatic carbocycles. The number of carboxylic acids is 1. The van der Waals surface area contributed by atoms with Crippen LogP contribution in [0.4, 0.5) is 0 Å². The number of nitrogens with one attached hydrogen (secondary N) is 1. The second-order valence-electron chi connectivity index (χ2n) is 6.18. The minimum atomic E-state index is -0.970. The molecule has 0 spiro atoms. The number of aromatic carboxylic acids is 1. The maximum atomic E-state index is 12.1. The van der Waals surface area contributed by atoms with E-state index in [-0.39, 0.29) is 17.9 Å². The quantitative estimate of drug-likeness (QED) is 0.719. The van der Waals surface area contributed by atoms with Crippen LogP contribution in [-0.2, 0) is 17.8 Å². The van der Waals surface area contributed by atoms with E-state index in [0.29, 0.717) is 25.1 Å². The summed E-state index contributed by atoms with van der Waals surface area (Å²) >= 11 is 0. The number of ether oxygens (including phenoxy) is 1.